The van der Waals surface area contributed by atoms with E-state index in [2.05, 4.69) is 0 Å². The lowest BCUT2D eigenvalue weighted by Crippen LogP contribution is -2.20. The molecule has 3 heteroatoms. The lowest BCUT2D eigenvalue weighted by atomic mass is 10.1. The highest BCUT2D eigenvalue weighted by Crippen LogP contribution is 2.18. The lowest BCUT2D eigenvalue weighted by Gasteiger charge is -2.10. The Balaban J connectivity index is 3.02. The predicted molar refractivity (Wildman–Crippen MR) is 37.5 cm³/mol. The Labute approximate surface area is 63.3 Å². The van der Waals surface area contributed by atoms with E-state index in [9.17, 15) is 9.18 Å². The molecule has 0 saturated heterocycles. The van der Waals surface area contributed by atoms with Crippen LogP contribution in [0.2, 0.25) is 0 Å². The van der Waals surface area contributed by atoms with Crippen molar-refractivity contribution in [3.8, 4) is 0 Å². The molecular formula is C8H7FO2. The van der Waals surface area contributed by atoms with Gasteiger partial charge in [0.05, 0.1) is 0 Å². The second kappa shape index (κ2) is 2.80. The van der Waals surface area contributed by atoms with Crippen LogP contribution in [0.3, 0.4) is 0 Å². The molecule has 1 N–H and O–H groups in total. The number of hydrogen-bond acceptors (Lipinski definition) is 2. The molecule has 0 aromatic heterocycles. The summed E-state index contributed by atoms with van der Waals surface area (Å²) in [5.74, 6) is -2.85. The third-order valence-corrected chi connectivity index (χ3v) is 1.33. The van der Waals surface area contributed by atoms with Crippen molar-refractivity contribution < 1.29 is 14.3 Å². The highest BCUT2D eigenvalue weighted by Gasteiger charge is 2.26. The molecule has 1 rings (SSSR count). The van der Waals surface area contributed by atoms with Gasteiger partial charge in [0.25, 0.3) is 5.85 Å². The SMILES string of the molecule is O=CC(O)(F)c1ccccc1. The summed E-state index contributed by atoms with van der Waals surface area (Å²) >= 11 is 0. The summed E-state index contributed by atoms with van der Waals surface area (Å²) in [6.45, 7) is 0. The van der Waals surface area contributed by atoms with Gasteiger partial charge in [-0.25, -0.2) is 0 Å². The Morgan fingerprint density at radius 3 is 2.36 bits per heavy atom. The maximum absolute atomic E-state index is 12.7. The zero-order chi connectivity index (χ0) is 8.32. The van der Waals surface area contributed by atoms with Crippen LogP contribution in [0, 0.1) is 0 Å². The van der Waals surface area contributed by atoms with Crippen molar-refractivity contribution in [1.82, 2.24) is 0 Å². The highest BCUT2D eigenvalue weighted by atomic mass is 19.2. The number of aldehydes is 1. The van der Waals surface area contributed by atoms with E-state index in [-0.39, 0.29) is 11.8 Å². The average molecular weight is 154 g/mol. The predicted octanol–water partition coefficient (Wildman–Crippen LogP) is 1.00. The number of carbonyl (C=O) groups excluding carboxylic acids is 1. The monoisotopic (exact) mass is 154 g/mol. The van der Waals surface area contributed by atoms with Crippen LogP contribution in [-0.4, -0.2) is 11.4 Å². The number of benzene rings is 1. The Kier molecular flexibility index (Phi) is 2.01. The van der Waals surface area contributed by atoms with E-state index in [0.29, 0.717) is 0 Å². The van der Waals surface area contributed by atoms with Gasteiger partial charge >= 0.3 is 0 Å². The molecule has 0 aliphatic heterocycles. The van der Waals surface area contributed by atoms with Crippen LogP contribution in [-0.2, 0) is 10.6 Å². The molecule has 2 nitrogen and oxygen atoms in total. The number of alkyl halides is 1. The minimum absolute atomic E-state index is 0.0463. The quantitative estimate of drug-likeness (QED) is 0.645. The van der Waals surface area contributed by atoms with Crippen LogP contribution in [0.25, 0.3) is 0 Å². The molecule has 0 amide bonds. The van der Waals surface area contributed by atoms with Crippen LogP contribution < -0.4 is 0 Å². The first kappa shape index (κ1) is 7.88. The summed E-state index contributed by atoms with van der Waals surface area (Å²) in [5, 5.41) is 8.76. The molecule has 1 atom stereocenters. The number of carbonyl (C=O) groups is 1. The van der Waals surface area contributed by atoms with E-state index < -0.39 is 5.85 Å². The van der Waals surface area contributed by atoms with Crippen LogP contribution >= 0.6 is 0 Å². The summed E-state index contributed by atoms with van der Waals surface area (Å²) < 4.78 is 12.7. The van der Waals surface area contributed by atoms with Crippen LogP contribution in [0.1, 0.15) is 5.56 Å². The summed E-state index contributed by atoms with van der Waals surface area (Å²) in [6.07, 6.45) is -0.137. The molecule has 1 unspecified atom stereocenters. The minimum atomic E-state index is -2.85. The molecule has 1 aromatic rings. The van der Waals surface area contributed by atoms with E-state index in [0.717, 1.165) is 0 Å². The van der Waals surface area contributed by atoms with Gasteiger partial charge in [-0.15, -0.1) is 0 Å². The molecule has 58 valence electrons. The number of hydrogen-bond donors (Lipinski definition) is 1. The lowest BCUT2D eigenvalue weighted by molar-refractivity contribution is -0.145. The molecule has 11 heavy (non-hydrogen) atoms. The highest BCUT2D eigenvalue weighted by molar-refractivity contribution is 5.62. The Bertz CT molecular complexity index is 244. The first-order chi connectivity index (χ1) is 5.17. The van der Waals surface area contributed by atoms with E-state index in [4.69, 9.17) is 5.11 Å². The van der Waals surface area contributed by atoms with Crippen LogP contribution in [0.4, 0.5) is 4.39 Å². The summed E-state index contributed by atoms with van der Waals surface area (Å²) in [7, 11) is 0. The van der Waals surface area contributed by atoms with E-state index in [1.807, 2.05) is 0 Å². The first-order valence-corrected chi connectivity index (χ1v) is 3.10. The van der Waals surface area contributed by atoms with Gasteiger partial charge in [0.15, 0.2) is 6.29 Å². The number of rotatable bonds is 2. The minimum Gasteiger partial charge on any atom is -0.353 e. The van der Waals surface area contributed by atoms with E-state index in [1.54, 1.807) is 18.2 Å². The fraction of sp³-hybridized carbons (Fsp3) is 0.125. The van der Waals surface area contributed by atoms with Gasteiger partial charge in [-0.05, 0) is 0 Å². The molecule has 0 aliphatic rings. The smallest absolute Gasteiger partial charge is 0.289 e. The fourth-order valence-corrected chi connectivity index (χ4v) is 0.740. The third kappa shape index (κ3) is 1.62. The molecule has 0 saturated carbocycles. The second-order valence-corrected chi connectivity index (χ2v) is 2.16. The van der Waals surface area contributed by atoms with Crippen molar-refractivity contribution in [2.45, 2.75) is 5.85 Å². The van der Waals surface area contributed by atoms with Crippen molar-refractivity contribution in [3.63, 3.8) is 0 Å². The summed E-state index contributed by atoms with van der Waals surface area (Å²) in [5.41, 5.74) is -0.0463. The molecule has 0 spiro atoms. The second-order valence-electron chi connectivity index (χ2n) is 2.16. The molecule has 0 fully saturated rings. The summed E-state index contributed by atoms with van der Waals surface area (Å²) in [4.78, 5) is 10.0. The Morgan fingerprint density at radius 1 is 1.36 bits per heavy atom. The van der Waals surface area contributed by atoms with Crippen molar-refractivity contribution in [2.75, 3.05) is 0 Å². The molecule has 1 aromatic carbocycles. The first-order valence-electron chi connectivity index (χ1n) is 3.10. The van der Waals surface area contributed by atoms with Crippen LogP contribution in [0.15, 0.2) is 30.3 Å². The topological polar surface area (TPSA) is 37.3 Å². The van der Waals surface area contributed by atoms with Crippen molar-refractivity contribution >= 4 is 6.29 Å². The van der Waals surface area contributed by atoms with Gasteiger partial charge in [-0.2, -0.15) is 4.39 Å². The molecule has 0 radical (unpaired) electrons. The van der Waals surface area contributed by atoms with Crippen molar-refractivity contribution in [3.05, 3.63) is 35.9 Å². The van der Waals surface area contributed by atoms with E-state index in [1.165, 1.54) is 12.1 Å². The normalized spacial score (nSPS) is 15.5. The van der Waals surface area contributed by atoms with Gasteiger partial charge in [-0.3, -0.25) is 4.79 Å². The van der Waals surface area contributed by atoms with Crippen molar-refractivity contribution in [1.29, 1.82) is 0 Å². The molecule has 0 heterocycles. The maximum atomic E-state index is 12.7. The summed E-state index contributed by atoms with van der Waals surface area (Å²) in [6, 6.07) is 7.44. The van der Waals surface area contributed by atoms with Gasteiger partial charge in [0.1, 0.15) is 0 Å². The number of halogens is 1. The molecular weight excluding hydrogens is 147 g/mol. The molecule has 0 bridgehead atoms. The van der Waals surface area contributed by atoms with Gasteiger partial charge in [0, 0.05) is 5.56 Å². The van der Waals surface area contributed by atoms with Gasteiger partial charge in [-0.1, -0.05) is 30.3 Å². The Hall–Kier alpha value is -1.22. The molecule has 0 aliphatic carbocycles. The average Bonchev–Trinajstić information content (AvgIpc) is 2.06. The van der Waals surface area contributed by atoms with Gasteiger partial charge in [0.2, 0.25) is 0 Å². The van der Waals surface area contributed by atoms with Crippen molar-refractivity contribution in [2.24, 2.45) is 0 Å². The fourth-order valence-electron chi connectivity index (χ4n) is 0.740. The van der Waals surface area contributed by atoms with Crippen LogP contribution in [0.5, 0.6) is 0 Å². The zero-order valence-electron chi connectivity index (χ0n) is 5.70. The van der Waals surface area contributed by atoms with Gasteiger partial charge < -0.3 is 5.11 Å². The zero-order valence-corrected chi connectivity index (χ0v) is 5.70. The maximum Gasteiger partial charge on any atom is 0.289 e. The Morgan fingerprint density at radius 2 is 1.91 bits per heavy atom. The largest absolute Gasteiger partial charge is 0.353 e. The third-order valence-electron chi connectivity index (χ3n) is 1.33. The van der Waals surface area contributed by atoms with E-state index >= 15 is 0 Å². The standard InChI is InChI=1S/C8H7FO2/c9-8(11,6-10)7-4-2-1-3-5-7/h1-6,11H. The number of aliphatic hydroxyl groups is 1.